The number of rotatable bonds is 8. The Morgan fingerprint density at radius 1 is 1.10 bits per heavy atom. The summed E-state index contributed by atoms with van der Waals surface area (Å²) < 4.78 is 11.9. The topological polar surface area (TPSA) is 113 Å². The van der Waals surface area contributed by atoms with Crippen molar-refractivity contribution in [2.45, 2.75) is 38.8 Å². The van der Waals surface area contributed by atoms with E-state index in [9.17, 15) is 10.1 Å². The van der Waals surface area contributed by atoms with Crippen molar-refractivity contribution < 1.29 is 14.3 Å². The number of aromatic amines is 1. The van der Waals surface area contributed by atoms with Crippen molar-refractivity contribution >= 4 is 33.8 Å². The summed E-state index contributed by atoms with van der Waals surface area (Å²) in [5.41, 5.74) is 3.90. The summed E-state index contributed by atoms with van der Waals surface area (Å²) in [5.74, 6) is 0.499. The van der Waals surface area contributed by atoms with Gasteiger partial charge in [0.25, 0.3) is 0 Å². The molecule has 3 heterocycles. The Balaban J connectivity index is 1.45. The van der Waals surface area contributed by atoms with E-state index in [2.05, 4.69) is 32.4 Å². The summed E-state index contributed by atoms with van der Waals surface area (Å²) in [5, 5.41) is 15.4. The number of hydrogen-bond acceptors (Lipinski definition) is 6. The van der Waals surface area contributed by atoms with Gasteiger partial charge in [0.2, 0.25) is 0 Å². The largest absolute Gasteiger partial charge is 0.489 e. The van der Waals surface area contributed by atoms with Gasteiger partial charge < -0.3 is 19.8 Å². The molecule has 0 saturated carbocycles. The maximum Gasteiger partial charge on any atom is 0.408 e. The molecule has 0 unspecified atom stereocenters. The number of pyridine rings is 2. The monoisotopic (exact) mass is 545 g/mol. The number of nitriles is 1. The maximum absolute atomic E-state index is 12.8. The Kier molecular flexibility index (Phi) is 7.97. The summed E-state index contributed by atoms with van der Waals surface area (Å²) in [7, 11) is 0. The van der Waals surface area contributed by atoms with Crippen LogP contribution in [0.5, 0.6) is 5.75 Å². The first-order chi connectivity index (χ1) is 19.8. The van der Waals surface area contributed by atoms with Crippen molar-refractivity contribution in [2.24, 2.45) is 0 Å². The molecule has 41 heavy (non-hydrogen) atoms. The Labute approximate surface area is 238 Å². The van der Waals surface area contributed by atoms with Crippen LogP contribution in [0.1, 0.15) is 31.9 Å². The summed E-state index contributed by atoms with van der Waals surface area (Å²) in [4.78, 5) is 24.7. The zero-order valence-corrected chi connectivity index (χ0v) is 23.2. The molecule has 8 nitrogen and oxygen atoms in total. The minimum Gasteiger partial charge on any atom is -0.489 e. The molecule has 5 rings (SSSR count). The van der Waals surface area contributed by atoms with Crippen molar-refractivity contribution in [1.29, 1.82) is 5.26 Å². The minimum absolute atomic E-state index is 0.153. The van der Waals surface area contributed by atoms with Gasteiger partial charge in [0.15, 0.2) is 0 Å². The van der Waals surface area contributed by atoms with Gasteiger partial charge in [0, 0.05) is 58.3 Å². The molecule has 0 spiro atoms. The first-order valence-corrected chi connectivity index (χ1v) is 13.4. The number of carbonyl (C=O) groups is 1. The van der Waals surface area contributed by atoms with Crippen LogP contribution in [-0.4, -0.2) is 39.3 Å². The van der Waals surface area contributed by atoms with Gasteiger partial charge >= 0.3 is 6.09 Å². The highest BCUT2D eigenvalue weighted by atomic mass is 16.6. The second-order valence-corrected chi connectivity index (χ2v) is 10.7. The Morgan fingerprint density at radius 3 is 2.78 bits per heavy atom. The molecule has 0 bridgehead atoms. The van der Waals surface area contributed by atoms with Crippen molar-refractivity contribution in [1.82, 2.24) is 20.3 Å². The highest BCUT2D eigenvalue weighted by Crippen LogP contribution is 2.33. The molecule has 0 fully saturated rings. The number of benzene rings is 2. The van der Waals surface area contributed by atoms with Gasteiger partial charge in [-0.25, -0.2) is 4.79 Å². The number of H-pyrrole nitrogens is 1. The maximum atomic E-state index is 12.8. The average molecular weight is 546 g/mol. The number of alkyl carbamates (subject to hydrolysis) is 1. The number of allylic oxidation sites excluding steroid dienone is 1. The Bertz CT molecular complexity index is 1760. The lowest BCUT2D eigenvalue weighted by Gasteiger charge is -2.24. The van der Waals surface area contributed by atoms with E-state index in [1.54, 1.807) is 24.7 Å². The van der Waals surface area contributed by atoms with Crippen LogP contribution < -0.4 is 10.1 Å². The number of ether oxygens (including phenoxy) is 2. The third kappa shape index (κ3) is 6.71. The van der Waals surface area contributed by atoms with Crippen molar-refractivity contribution in [3.8, 4) is 22.9 Å². The SMILES string of the molecule is CC(C)(C)OC(=O)N[C@H](COc1cncc(-c2ccc3cnccc3c2)c1C=CC#N)Cc1c[nH]c2ccccc12. The number of fused-ring (bicyclic) bond motifs is 2. The van der Waals surface area contributed by atoms with Crippen LogP contribution in [0.2, 0.25) is 0 Å². The van der Waals surface area contributed by atoms with Gasteiger partial charge in [-0.15, -0.1) is 0 Å². The number of para-hydroxylation sites is 1. The normalized spacial score (nSPS) is 12.3. The van der Waals surface area contributed by atoms with Crippen LogP contribution in [-0.2, 0) is 11.2 Å². The van der Waals surface area contributed by atoms with Crippen LogP contribution in [0, 0.1) is 11.3 Å². The molecule has 2 N–H and O–H groups in total. The van der Waals surface area contributed by atoms with Crippen molar-refractivity contribution in [3.63, 3.8) is 0 Å². The predicted octanol–water partition coefficient (Wildman–Crippen LogP) is 6.83. The smallest absolute Gasteiger partial charge is 0.408 e. The van der Waals surface area contributed by atoms with E-state index < -0.39 is 17.7 Å². The van der Waals surface area contributed by atoms with Gasteiger partial charge in [-0.1, -0.05) is 30.3 Å². The quantitative estimate of drug-likeness (QED) is 0.207. The third-order valence-electron chi connectivity index (χ3n) is 6.53. The molecule has 206 valence electrons. The zero-order chi connectivity index (χ0) is 28.8. The molecule has 0 aliphatic rings. The molecule has 0 saturated heterocycles. The van der Waals surface area contributed by atoms with Crippen molar-refractivity contribution in [2.75, 3.05) is 6.61 Å². The fourth-order valence-electron chi connectivity index (χ4n) is 4.72. The first-order valence-electron chi connectivity index (χ1n) is 13.4. The van der Waals surface area contributed by atoms with E-state index in [0.29, 0.717) is 12.2 Å². The Hall–Kier alpha value is -5.16. The van der Waals surface area contributed by atoms with Crippen LogP contribution >= 0.6 is 0 Å². The lowest BCUT2D eigenvalue weighted by molar-refractivity contribution is 0.0488. The predicted molar refractivity (Wildman–Crippen MR) is 160 cm³/mol. The second-order valence-electron chi connectivity index (χ2n) is 10.7. The molecule has 8 heteroatoms. The summed E-state index contributed by atoms with van der Waals surface area (Å²) in [6, 6.07) is 17.7. The number of carbonyl (C=O) groups excluding carboxylic acids is 1. The number of nitrogens with one attached hydrogen (secondary N) is 2. The first kappa shape index (κ1) is 27.4. The lowest BCUT2D eigenvalue weighted by atomic mass is 9.98. The second kappa shape index (κ2) is 11.9. The highest BCUT2D eigenvalue weighted by Gasteiger charge is 2.22. The number of nitrogens with zero attached hydrogens (tertiary/aromatic N) is 3. The molecular formula is C33H31N5O3. The van der Waals surface area contributed by atoms with Crippen LogP contribution in [0.3, 0.4) is 0 Å². The summed E-state index contributed by atoms with van der Waals surface area (Å²) in [6.07, 6.45) is 12.0. The van der Waals surface area contributed by atoms with Gasteiger partial charge in [-0.05, 0) is 68.0 Å². The van der Waals surface area contributed by atoms with E-state index in [-0.39, 0.29) is 6.61 Å². The standard InChI is InChI=1S/C33H31N5O3/c1-33(2,3)41-32(39)38-26(16-25-18-37-30-9-5-4-7-27(25)30)21-40-31-20-36-19-29(28(31)8-6-13-34)23-10-11-24-17-35-14-12-22(24)15-23/h4-12,14-15,17-20,26,37H,16,21H2,1-3H3,(H,38,39)/t26-/m0/s1. The van der Waals surface area contributed by atoms with Gasteiger partial charge in [0.1, 0.15) is 18.0 Å². The number of aromatic nitrogens is 3. The molecule has 2 aromatic carbocycles. The molecule has 5 aromatic rings. The summed E-state index contributed by atoms with van der Waals surface area (Å²) in [6.45, 7) is 5.63. The molecule has 1 amide bonds. The summed E-state index contributed by atoms with van der Waals surface area (Å²) >= 11 is 0. The van der Waals surface area contributed by atoms with Gasteiger partial charge in [0.05, 0.1) is 18.3 Å². The Morgan fingerprint density at radius 2 is 1.95 bits per heavy atom. The number of hydrogen-bond donors (Lipinski definition) is 2. The van der Waals surface area contributed by atoms with Crippen LogP contribution in [0.25, 0.3) is 38.9 Å². The molecule has 0 aliphatic carbocycles. The zero-order valence-electron chi connectivity index (χ0n) is 23.2. The van der Waals surface area contributed by atoms with Crippen LogP contribution in [0.15, 0.2) is 85.6 Å². The van der Waals surface area contributed by atoms with E-state index >= 15 is 0 Å². The number of amides is 1. The molecule has 0 aliphatic heterocycles. The molecule has 3 aromatic heterocycles. The van der Waals surface area contributed by atoms with Crippen molar-refractivity contribution in [3.05, 3.63) is 96.7 Å². The van der Waals surface area contributed by atoms with E-state index in [1.807, 2.05) is 75.6 Å². The van der Waals surface area contributed by atoms with Gasteiger partial charge in [-0.2, -0.15) is 5.26 Å². The lowest BCUT2D eigenvalue weighted by Crippen LogP contribution is -2.43. The van der Waals surface area contributed by atoms with E-state index in [1.165, 1.54) is 6.08 Å². The van der Waals surface area contributed by atoms with E-state index in [0.717, 1.165) is 43.9 Å². The fraction of sp³-hybridized carbons (Fsp3) is 0.212. The third-order valence-corrected chi connectivity index (χ3v) is 6.53. The average Bonchev–Trinajstić information content (AvgIpc) is 3.36. The highest BCUT2D eigenvalue weighted by molar-refractivity contribution is 5.89. The molecule has 0 radical (unpaired) electrons. The van der Waals surface area contributed by atoms with E-state index in [4.69, 9.17) is 9.47 Å². The molecular weight excluding hydrogens is 514 g/mol. The fourth-order valence-corrected chi connectivity index (χ4v) is 4.72. The van der Waals surface area contributed by atoms with Crippen LogP contribution in [0.4, 0.5) is 4.79 Å². The van der Waals surface area contributed by atoms with Gasteiger partial charge in [-0.3, -0.25) is 9.97 Å². The minimum atomic E-state index is -0.639. The molecule has 1 atom stereocenters.